The number of aliphatic hydroxyl groups is 1. The molecule has 114 valence electrons. The lowest BCUT2D eigenvalue weighted by Gasteiger charge is -2.58. The number of ketones is 1. The van der Waals surface area contributed by atoms with Crippen LogP contribution >= 0.6 is 0 Å². The van der Waals surface area contributed by atoms with E-state index in [1.54, 1.807) is 6.08 Å². The first-order valence-electron chi connectivity index (χ1n) is 8.55. The SMILES string of the molecule is C[C@@]12C=CCC1C1C[C@@H](O)C3=CC(=O)CC[C@]3(C)C1CC2. The van der Waals surface area contributed by atoms with E-state index < -0.39 is 6.10 Å². The molecular formula is C19H26O2. The van der Waals surface area contributed by atoms with E-state index in [9.17, 15) is 9.90 Å². The first kappa shape index (κ1) is 13.8. The summed E-state index contributed by atoms with van der Waals surface area (Å²) in [5.74, 6) is 2.17. The van der Waals surface area contributed by atoms with Crippen LogP contribution in [-0.4, -0.2) is 17.0 Å². The van der Waals surface area contributed by atoms with Crippen molar-refractivity contribution in [2.75, 3.05) is 0 Å². The van der Waals surface area contributed by atoms with Crippen molar-refractivity contribution < 1.29 is 9.90 Å². The van der Waals surface area contributed by atoms with Crippen LogP contribution < -0.4 is 0 Å². The minimum absolute atomic E-state index is 0.0557. The van der Waals surface area contributed by atoms with E-state index in [0.29, 0.717) is 29.6 Å². The van der Waals surface area contributed by atoms with Crippen molar-refractivity contribution in [1.29, 1.82) is 0 Å². The lowest BCUT2D eigenvalue weighted by Crippen LogP contribution is -2.53. The number of hydrogen-bond acceptors (Lipinski definition) is 2. The molecule has 2 nitrogen and oxygen atoms in total. The number of carbonyl (C=O) groups excluding carboxylic acids is 1. The average molecular weight is 286 g/mol. The Morgan fingerprint density at radius 2 is 2.05 bits per heavy atom. The van der Waals surface area contributed by atoms with Crippen LogP contribution in [0.25, 0.3) is 0 Å². The summed E-state index contributed by atoms with van der Waals surface area (Å²) in [6.45, 7) is 4.72. The van der Waals surface area contributed by atoms with Crippen molar-refractivity contribution in [2.24, 2.45) is 28.6 Å². The molecule has 4 rings (SSSR count). The smallest absolute Gasteiger partial charge is 0.155 e. The Bertz CT molecular complexity index is 546. The highest BCUT2D eigenvalue weighted by Crippen LogP contribution is 2.63. The van der Waals surface area contributed by atoms with Crippen molar-refractivity contribution in [3.63, 3.8) is 0 Å². The van der Waals surface area contributed by atoms with Gasteiger partial charge in [-0.25, -0.2) is 0 Å². The molecule has 0 amide bonds. The zero-order valence-corrected chi connectivity index (χ0v) is 13.1. The number of fused-ring (bicyclic) bond motifs is 5. The van der Waals surface area contributed by atoms with Crippen LogP contribution in [-0.2, 0) is 4.79 Å². The predicted octanol–water partition coefficient (Wildman–Crippen LogP) is 3.66. The molecule has 0 radical (unpaired) electrons. The first-order chi connectivity index (χ1) is 9.94. The summed E-state index contributed by atoms with van der Waals surface area (Å²) >= 11 is 0. The highest BCUT2D eigenvalue weighted by atomic mass is 16.3. The fourth-order valence-electron chi connectivity index (χ4n) is 6.09. The number of aliphatic hydroxyl groups excluding tert-OH is 1. The molecular weight excluding hydrogens is 260 g/mol. The fourth-order valence-corrected chi connectivity index (χ4v) is 6.09. The van der Waals surface area contributed by atoms with Crippen LogP contribution in [0.3, 0.4) is 0 Å². The molecule has 0 aliphatic heterocycles. The molecule has 1 N–H and O–H groups in total. The highest BCUT2D eigenvalue weighted by Gasteiger charge is 2.57. The zero-order chi connectivity index (χ0) is 14.8. The third-order valence-corrected chi connectivity index (χ3v) is 7.30. The van der Waals surface area contributed by atoms with Crippen LogP contribution in [0.5, 0.6) is 0 Å². The van der Waals surface area contributed by atoms with Crippen molar-refractivity contribution in [1.82, 2.24) is 0 Å². The van der Waals surface area contributed by atoms with Crippen molar-refractivity contribution >= 4 is 5.78 Å². The molecule has 0 aromatic heterocycles. The minimum Gasteiger partial charge on any atom is -0.389 e. The Labute approximate surface area is 127 Å². The number of hydrogen-bond donors (Lipinski definition) is 1. The van der Waals surface area contributed by atoms with Gasteiger partial charge in [0, 0.05) is 6.42 Å². The van der Waals surface area contributed by atoms with Crippen LogP contribution in [0.1, 0.15) is 52.4 Å². The van der Waals surface area contributed by atoms with Gasteiger partial charge in [-0.05, 0) is 72.3 Å². The van der Waals surface area contributed by atoms with E-state index >= 15 is 0 Å². The Morgan fingerprint density at radius 1 is 1.24 bits per heavy atom. The Hall–Kier alpha value is -0.890. The van der Waals surface area contributed by atoms with Crippen LogP contribution in [0.4, 0.5) is 0 Å². The summed E-state index contributed by atoms with van der Waals surface area (Å²) in [6.07, 6.45) is 12.3. The molecule has 0 saturated heterocycles. The van der Waals surface area contributed by atoms with Gasteiger partial charge in [-0.3, -0.25) is 4.79 Å². The van der Waals surface area contributed by atoms with Crippen molar-refractivity contribution in [3.05, 3.63) is 23.8 Å². The Kier molecular flexibility index (Phi) is 2.83. The summed E-state index contributed by atoms with van der Waals surface area (Å²) in [4.78, 5) is 11.8. The van der Waals surface area contributed by atoms with E-state index in [4.69, 9.17) is 0 Å². The number of allylic oxidation sites excluding steroid dienone is 3. The molecule has 0 heterocycles. The van der Waals surface area contributed by atoms with Gasteiger partial charge in [0.15, 0.2) is 5.78 Å². The summed E-state index contributed by atoms with van der Waals surface area (Å²) < 4.78 is 0. The minimum atomic E-state index is -0.400. The van der Waals surface area contributed by atoms with Gasteiger partial charge in [0.05, 0.1) is 6.10 Å². The average Bonchev–Trinajstić information content (AvgIpc) is 2.83. The maximum Gasteiger partial charge on any atom is 0.155 e. The topological polar surface area (TPSA) is 37.3 Å². The van der Waals surface area contributed by atoms with Gasteiger partial charge in [-0.2, -0.15) is 0 Å². The third-order valence-electron chi connectivity index (χ3n) is 7.30. The van der Waals surface area contributed by atoms with E-state index in [2.05, 4.69) is 26.0 Å². The quantitative estimate of drug-likeness (QED) is 0.690. The predicted molar refractivity (Wildman–Crippen MR) is 82.6 cm³/mol. The molecule has 2 heteroatoms. The van der Waals surface area contributed by atoms with E-state index in [1.807, 2.05) is 0 Å². The van der Waals surface area contributed by atoms with Crippen LogP contribution in [0.2, 0.25) is 0 Å². The first-order valence-corrected chi connectivity index (χ1v) is 8.55. The Balaban J connectivity index is 1.74. The molecule has 0 aromatic rings. The highest BCUT2D eigenvalue weighted by molar-refractivity contribution is 5.91. The molecule has 2 saturated carbocycles. The second kappa shape index (κ2) is 4.32. The Morgan fingerprint density at radius 3 is 2.86 bits per heavy atom. The normalized spacial score (nSPS) is 52.0. The molecule has 6 atom stereocenters. The van der Waals surface area contributed by atoms with E-state index in [-0.39, 0.29) is 11.2 Å². The molecule has 4 aliphatic carbocycles. The standard InChI is InChI=1S/C19H26O2/c1-18-7-3-4-14(18)13-11-17(21)16-10-12(20)5-9-19(16,2)15(13)6-8-18/h3,7,10,13-15,17,21H,4-6,8-9,11H2,1-2H3/t13?,14?,15?,17-,18+,19-/m1/s1. The van der Waals surface area contributed by atoms with Gasteiger partial charge in [0.25, 0.3) is 0 Å². The zero-order valence-electron chi connectivity index (χ0n) is 13.1. The maximum atomic E-state index is 11.8. The molecule has 0 aromatic carbocycles. The van der Waals surface area contributed by atoms with Crippen LogP contribution in [0.15, 0.2) is 23.8 Å². The van der Waals surface area contributed by atoms with E-state index in [1.165, 1.54) is 19.3 Å². The van der Waals surface area contributed by atoms with E-state index in [0.717, 1.165) is 18.4 Å². The maximum absolute atomic E-state index is 11.8. The summed E-state index contributed by atoms with van der Waals surface area (Å²) in [7, 11) is 0. The molecule has 0 bridgehead atoms. The third kappa shape index (κ3) is 1.78. The van der Waals surface area contributed by atoms with Gasteiger partial charge in [0.2, 0.25) is 0 Å². The molecule has 21 heavy (non-hydrogen) atoms. The summed E-state index contributed by atoms with van der Waals surface area (Å²) in [6, 6.07) is 0. The van der Waals surface area contributed by atoms with Gasteiger partial charge in [0.1, 0.15) is 0 Å². The van der Waals surface area contributed by atoms with Gasteiger partial charge >= 0.3 is 0 Å². The number of carbonyl (C=O) groups is 1. The summed E-state index contributed by atoms with van der Waals surface area (Å²) in [5.41, 5.74) is 1.46. The second-order valence-electron chi connectivity index (χ2n) is 8.29. The largest absolute Gasteiger partial charge is 0.389 e. The molecule has 2 fully saturated rings. The summed E-state index contributed by atoms with van der Waals surface area (Å²) in [5, 5.41) is 10.7. The van der Waals surface area contributed by atoms with Crippen molar-refractivity contribution in [3.8, 4) is 0 Å². The van der Waals surface area contributed by atoms with Gasteiger partial charge < -0.3 is 5.11 Å². The number of rotatable bonds is 0. The molecule has 4 aliphatic rings. The van der Waals surface area contributed by atoms with Crippen LogP contribution in [0, 0.1) is 28.6 Å². The lowest BCUT2D eigenvalue weighted by molar-refractivity contribution is -0.118. The monoisotopic (exact) mass is 286 g/mol. The van der Waals surface area contributed by atoms with Gasteiger partial charge in [-0.1, -0.05) is 26.0 Å². The second-order valence-corrected chi connectivity index (χ2v) is 8.29. The van der Waals surface area contributed by atoms with Gasteiger partial charge in [-0.15, -0.1) is 0 Å². The molecule has 0 spiro atoms. The fraction of sp³-hybridized carbons (Fsp3) is 0.737. The molecule has 3 unspecified atom stereocenters. The van der Waals surface area contributed by atoms with Crippen molar-refractivity contribution in [2.45, 2.75) is 58.5 Å². The lowest BCUT2D eigenvalue weighted by atomic mass is 9.47.